The van der Waals surface area contributed by atoms with E-state index in [4.69, 9.17) is 0 Å². The Balaban J connectivity index is 1.85. The fourth-order valence-electron chi connectivity index (χ4n) is 4.18. The van der Waals surface area contributed by atoms with Crippen LogP contribution in [0.15, 0.2) is 46.8 Å². The highest BCUT2D eigenvalue weighted by Crippen LogP contribution is 2.44. The Labute approximate surface area is 146 Å². The maximum absolute atomic E-state index is 12.7. The number of carbonyl (C=O) groups excluding carboxylic acids is 2. The van der Waals surface area contributed by atoms with Gasteiger partial charge in [0.2, 0.25) is 0 Å². The second-order valence-corrected chi connectivity index (χ2v) is 6.94. The molecule has 0 unspecified atom stereocenters. The molecule has 1 heterocycles. The molecule has 0 saturated heterocycles. The summed E-state index contributed by atoms with van der Waals surface area (Å²) in [7, 11) is -1.53. The molecule has 0 spiro atoms. The SMILES string of the molecule is O=C1CCCC2=C1C(c1ccc(B(O)O)cc1)C1=C(CCCC1=O)N2. The van der Waals surface area contributed by atoms with E-state index in [9.17, 15) is 19.6 Å². The lowest BCUT2D eigenvalue weighted by molar-refractivity contribution is -0.116. The number of benzene rings is 1. The van der Waals surface area contributed by atoms with Crippen LogP contribution in [0.25, 0.3) is 0 Å². The summed E-state index contributed by atoms with van der Waals surface area (Å²) in [6, 6.07) is 6.87. The van der Waals surface area contributed by atoms with Crippen LogP contribution in [0.5, 0.6) is 0 Å². The molecule has 3 N–H and O–H groups in total. The van der Waals surface area contributed by atoms with E-state index in [0.717, 1.165) is 53.8 Å². The van der Waals surface area contributed by atoms with E-state index in [1.54, 1.807) is 24.3 Å². The maximum atomic E-state index is 12.7. The monoisotopic (exact) mass is 337 g/mol. The van der Waals surface area contributed by atoms with Crippen LogP contribution in [-0.4, -0.2) is 28.7 Å². The number of allylic oxidation sites excluding steroid dienone is 4. The van der Waals surface area contributed by atoms with Gasteiger partial charge >= 0.3 is 7.12 Å². The lowest BCUT2D eigenvalue weighted by Crippen LogP contribution is -2.36. The number of nitrogens with one attached hydrogen (secondary N) is 1. The van der Waals surface area contributed by atoms with Crippen molar-refractivity contribution in [1.82, 2.24) is 5.32 Å². The van der Waals surface area contributed by atoms with Crippen LogP contribution in [0.1, 0.15) is 50.0 Å². The van der Waals surface area contributed by atoms with Crippen molar-refractivity contribution in [2.75, 3.05) is 0 Å². The van der Waals surface area contributed by atoms with Gasteiger partial charge in [0.1, 0.15) is 0 Å². The largest absolute Gasteiger partial charge is 0.488 e. The Bertz CT molecular complexity index is 765. The second-order valence-electron chi connectivity index (χ2n) is 6.94. The van der Waals surface area contributed by atoms with Gasteiger partial charge in [0.25, 0.3) is 0 Å². The van der Waals surface area contributed by atoms with Crippen LogP contribution in [0, 0.1) is 0 Å². The van der Waals surface area contributed by atoms with Gasteiger partial charge in [-0.15, -0.1) is 0 Å². The molecule has 1 aliphatic heterocycles. The Morgan fingerprint density at radius 2 is 1.36 bits per heavy atom. The van der Waals surface area contributed by atoms with Gasteiger partial charge in [0.05, 0.1) is 0 Å². The van der Waals surface area contributed by atoms with Crippen molar-refractivity contribution < 1.29 is 19.6 Å². The molecule has 1 aromatic rings. The van der Waals surface area contributed by atoms with Crippen molar-refractivity contribution in [3.05, 3.63) is 52.4 Å². The topological polar surface area (TPSA) is 86.6 Å². The average Bonchev–Trinajstić information content (AvgIpc) is 2.60. The molecule has 3 aliphatic rings. The van der Waals surface area contributed by atoms with Gasteiger partial charge in [-0.3, -0.25) is 9.59 Å². The van der Waals surface area contributed by atoms with Crippen LogP contribution in [-0.2, 0) is 9.59 Å². The molecule has 2 aliphatic carbocycles. The highest BCUT2D eigenvalue weighted by atomic mass is 16.4. The molecule has 0 bridgehead atoms. The van der Waals surface area contributed by atoms with Gasteiger partial charge in [-0.1, -0.05) is 24.3 Å². The molecule has 0 atom stereocenters. The summed E-state index contributed by atoms with van der Waals surface area (Å²) in [4.78, 5) is 25.3. The van der Waals surface area contributed by atoms with Crippen molar-refractivity contribution in [1.29, 1.82) is 0 Å². The number of hydrogen-bond donors (Lipinski definition) is 3. The van der Waals surface area contributed by atoms with Gasteiger partial charge < -0.3 is 15.4 Å². The van der Waals surface area contributed by atoms with Crippen LogP contribution >= 0.6 is 0 Å². The summed E-state index contributed by atoms with van der Waals surface area (Å²) in [6.07, 6.45) is 4.36. The van der Waals surface area contributed by atoms with Crippen LogP contribution < -0.4 is 10.8 Å². The zero-order chi connectivity index (χ0) is 17.6. The lowest BCUT2D eigenvalue weighted by Gasteiger charge is -2.37. The molecule has 0 aromatic heterocycles. The van der Waals surface area contributed by atoms with E-state index >= 15 is 0 Å². The summed E-state index contributed by atoms with van der Waals surface area (Å²) in [5.74, 6) is -0.123. The van der Waals surface area contributed by atoms with Gasteiger partial charge in [-0.2, -0.15) is 0 Å². The van der Waals surface area contributed by atoms with Crippen molar-refractivity contribution in [3.63, 3.8) is 0 Å². The first-order valence-electron chi connectivity index (χ1n) is 8.81. The summed E-state index contributed by atoms with van der Waals surface area (Å²) in [5.41, 5.74) is 4.61. The predicted octanol–water partition coefficient (Wildman–Crippen LogP) is 1.07. The van der Waals surface area contributed by atoms with E-state index in [0.29, 0.717) is 18.3 Å². The molecule has 0 amide bonds. The molecule has 0 saturated carbocycles. The zero-order valence-electron chi connectivity index (χ0n) is 13.9. The highest BCUT2D eigenvalue weighted by molar-refractivity contribution is 6.58. The van der Waals surface area contributed by atoms with Crippen LogP contribution in [0.3, 0.4) is 0 Å². The molecule has 0 radical (unpaired) electrons. The van der Waals surface area contributed by atoms with Gasteiger partial charge in [-0.05, 0) is 36.7 Å². The number of ketones is 2. The van der Waals surface area contributed by atoms with Crippen LogP contribution in [0.2, 0.25) is 0 Å². The first-order valence-corrected chi connectivity index (χ1v) is 8.81. The molecule has 25 heavy (non-hydrogen) atoms. The van der Waals surface area contributed by atoms with E-state index in [2.05, 4.69) is 5.32 Å². The van der Waals surface area contributed by atoms with E-state index in [1.165, 1.54) is 0 Å². The van der Waals surface area contributed by atoms with Crippen LogP contribution in [0.4, 0.5) is 0 Å². The minimum absolute atomic E-state index is 0.106. The Hall–Kier alpha value is -2.18. The number of dihydropyridines is 1. The standard InChI is InChI=1S/C19H20BNO4/c22-15-5-1-3-13-18(15)17(11-7-9-12(10-8-11)20(24)25)19-14(21-13)4-2-6-16(19)23/h7-10,17,21,24-25H,1-6H2. The van der Waals surface area contributed by atoms with E-state index < -0.39 is 7.12 Å². The highest BCUT2D eigenvalue weighted by Gasteiger charge is 2.40. The fraction of sp³-hybridized carbons (Fsp3) is 0.368. The number of hydrogen-bond acceptors (Lipinski definition) is 5. The lowest BCUT2D eigenvalue weighted by atomic mass is 9.71. The molecule has 6 heteroatoms. The third-order valence-corrected chi connectivity index (χ3v) is 5.36. The molecule has 4 rings (SSSR count). The molecular weight excluding hydrogens is 317 g/mol. The minimum Gasteiger partial charge on any atom is -0.423 e. The van der Waals surface area contributed by atoms with Crippen molar-refractivity contribution in [3.8, 4) is 0 Å². The Morgan fingerprint density at radius 3 is 1.84 bits per heavy atom. The maximum Gasteiger partial charge on any atom is 0.488 e. The third-order valence-electron chi connectivity index (χ3n) is 5.36. The first kappa shape index (κ1) is 16.3. The van der Waals surface area contributed by atoms with Gasteiger partial charge in [0.15, 0.2) is 11.6 Å². The second kappa shape index (κ2) is 6.28. The molecule has 5 nitrogen and oxygen atoms in total. The summed E-state index contributed by atoms with van der Waals surface area (Å²) < 4.78 is 0. The van der Waals surface area contributed by atoms with E-state index in [1.807, 2.05) is 0 Å². The third kappa shape index (κ3) is 2.75. The molecule has 1 aromatic carbocycles. The normalized spacial score (nSPS) is 21.0. The zero-order valence-corrected chi connectivity index (χ0v) is 13.9. The predicted molar refractivity (Wildman–Crippen MR) is 93.9 cm³/mol. The fourth-order valence-corrected chi connectivity index (χ4v) is 4.18. The van der Waals surface area contributed by atoms with Crippen molar-refractivity contribution in [2.24, 2.45) is 0 Å². The van der Waals surface area contributed by atoms with Crippen molar-refractivity contribution >= 4 is 24.1 Å². The number of carbonyl (C=O) groups is 2. The smallest absolute Gasteiger partial charge is 0.423 e. The van der Waals surface area contributed by atoms with Gasteiger partial charge in [0, 0.05) is 41.3 Å². The molecular formula is C19H20BNO4. The Kier molecular flexibility index (Phi) is 4.09. The minimum atomic E-state index is -1.53. The van der Waals surface area contributed by atoms with E-state index in [-0.39, 0.29) is 17.5 Å². The molecule has 0 fully saturated rings. The quantitative estimate of drug-likeness (QED) is 0.703. The Morgan fingerprint density at radius 1 is 0.840 bits per heavy atom. The average molecular weight is 337 g/mol. The summed E-state index contributed by atoms with van der Waals surface area (Å²) >= 11 is 0. The summed E-state index contributed by atoms with van der Waals surface area (Å²) in [5, 5.41) is 22.0. The summed E-state index contributed by atoms with van der Waals surface area (Å²) in [6.45, 7) is 0. The number of Topliss-reactive ketones (excluding diaryl/α,β-unsaturated/α-hetero) is 2. The van der Waals surface area contributed by atoms with Gasteiger partial charge in [-0.25, -0.2) is 0 Å². The van der Waals surface area contributed by atoms with Crippen molar-refractivity contribution in [2.45, 2.75) is 44.4 Å². The first-order chi connectivity index (χ1) is 12.1. The molecule has 128 valence electrons. The number of rotatable bonds is 2.